The van der Waals surface area contributed by atoms with Crippen molar-refractivity contribution in [3.05, 3.63) is 83.6 Å². The van der Waals surface area contributed by atoms with Crippen molar-refractivity contribution < 1.29 is 27.4 Å². The molecule has 0 unspecified atom stereocenters. The van der Waals surface area contributed by atoms with Gasteiger partial charge < -0.3 is 14.4 Å². The Bertz CT molecular complexity index is 1190. The molecular formula is C27H28F3N3O3. The summed E-state index contributed by atoms with van der Waals surface area (Å²) in [6, 6.07) is 15.7. The van der Waals surface area contributed by atoms with Crippen LogP contribution < -0.4 is 9.64 Å². The largest absolute Gasteiger partial charge is 0.459 e. The van der Waals surface area contributed by atoms with Gasteiger partial charge in [0.1, 0.15) is 22.9 Å². The minimum Gasteiger partial charge on any atom is -0.459 e. The lowest BCUT2D eigenvalue weighted by molar-refractivity contribution is -0.137. The number of ether oxygens (including phenoxy) is 2. The van der Waals surface area contributed by atoms with Gasteiger partial charge in [0.25, 0.3) is 0 Å². The molecule has 9 heteroatoms. The fourth-order valence-corrected chi connectivity index (χ4v) is 4.04. The van der Waals surface area contributed by atoms with Gasteiger partial charge in [-0.05, 0) is 61.9 Å². The summed E-state index contributed by atoms with van der Waals surface area (Å²) in [5.41, 5.74) is 0.702. The summed E-state index contributed by atoms with van der Waals surface area (Å²) in [5, 5.41) is 0. The number of carbonyl (C=O) groups is 1. The lowest BCUT2D eigenvalue weighted by atomic mass is 10.1. The van der Waals surface area contributed by atoms with Crippen molar-refractivity contribution in [1.29, 1.82) is 0 Å². The van der Waals surface area contributed by atoms with Crippen LogP contribution in [0.15, 0.2) is 66.9 Å². The SMILES string of the molecule is CC(C)OC(=O)c1cccnc1N1CCN(Cc2cccc(Oc3cccc(C(F)(F)F)c3)c2)CC1. The van der Waals surface area contributed by atoms with Crippen LogP contribution in [0.1, 0.15) is 35.3 Å². The van der Waals surface area contributed by atoms with Gasteiger partial charge in [0.2, 0.25) is 0 Å². The molecule has 36 heavy (non-hydrogen) atoms. The molecule has 0 spiro atoms. The molecule has 0 N–H and O–H groups in total. The van der Waals surface area contributed by atoms with E-state index in [0.29, 0.717) is 36.8 Å². The number of benzene rings is 2. The maximum Gasteiger partial charge on any atom is 0.416 e. The molecule has 1 aromatic heterocycles. The Morgan fingerprint density at radius 2 is 1.67 bits per heavy atom. The molecule has 6 nitrogen and oxygen atoms in total. The number of carbonyl (C=O) groups excluding carboxylic acids is 1. The smallest absolute Gasteiger partial charge is 0.416 e. The Balaban J connectivity index is 1.37. The summed E-state index contributed by atoms with van der Waals surface area (Å²) < 4.78 is 50.0. The van der Waals surface area contributed by atoms with Crippen LogP contribution >= 0.6 is 0 Å². The van der Waals surface area contributed by atoms with Crippen LogP contribution in [0.5, 0.6) is 11.5 Å². The Labute approximate surface area is 208 Å². The molecule has 1 aliphatic rings. The molecule has 1 saturated heterocycles. The lowest BCUT2D eigenvalue weighted by Crippen LogP contribution is -2.46. The average molecular weight is 500 g/mol. The van der Waals surface area contributed by atoms with Crippen molar-refractivity contribution in [1.82, 2.24) is 9.88 Å². The van der Waals surface area contributed by atoms with Crippen molar-refractivity contribution in [2.75, 3.05) is 31.1 Å². The first-order valence-corrected chi connectivity index (χ1v) is 11.8. The highest BCUT2D eigenvalue weighted by Gasteiger charge is 2.30. The molecule has 1 aliphatic heterocycles. The van der Waals surface area contributed by atoms with Gasteiger partial charge in [-0.2, -0.15) is 13.2 Å². The molecule has 1 fully saturated rings. The van der Waals surface area contributed by atoms with Crippen LogP contribution in [0.25, 0.3) is 0 Å². The summed E-state index contributed by atoms with van der Waals surface area (Å²) in [6.45, 7) is 7.19. The molecule has 0 radical (unpaired) electrons. The number of nitrogens with zero attached hydrogens (tertiary/aromatic N) is 3. The first kappa shape index (κ1) is 25.5. The van der Waals surface area contributed by atoms with Gasteiger partial charge >= 0.3 is 12.1 Å². The highest BCUT2D eigenvalue weighted by atomic mass is 19.4. The average Bonchev–Trinajstić information content (AvgIpc) is 2.84. The third kappa shape index (κ3) is 6.54. The van der Waals surface area contributed by atoms with Crippen LogP contribution in [0.4, 0.5) is 19.0 Å². The van der Waals surface area contributed by atoms with Gasteiger partial charge in [-0.15, -0.1) is 0 Å². The number of pyridine rings is 1. The number of aromatic nitrogens is 1. The van der Waals surface area contributed by atoms with Gasteiger partial charge in [-0.25, -0.2) is 9.78 Å². The minimum atomic E-state index is -4.42. The number of anilines is 1. The third-order valence-corrected chi connectivity index (χ3v) is 5.72. The van der Waals surface area contributed by atoms with E-state index in [9.17, 15) is 18.0 Å². The van der Waals surface area contributed by atoms with E-state index in [-0.39, 0.29) is 17.8 Å². The second kappa shape index (κ2) is 11.0. The van der Waals surface area contributed by atoms with Gasteiger partial charge in [0.15, 0.2) is 0 Å². The topological polar surface area (TPSA) is 54.9 Å². The highest BCUT2D eigenvalue weighted by molar-refractivity contribution is 5.94. The fourth-order valence-electron chi connectivity index (χ4n) is 4.04. The summed E-state index contributed by atoms with van der Waals surface area (Å²) in [4.78, 5) is 21.3. The van der Waals surface area contributed by atoms with Crippen molar-refractivity contribution >= 4 is 11.8 Å². The van der Waals surface area contributed by atoms with Crippen LogP contribution in [0.2, 0.25) is 0 Å². The number of hydrogen-bond donors (Lipinski definition) is 0. The van der Waals surface area contributed by atoms with Crippen LogP contribution in [-0.2, 0) is 17.5 Å². The van der Waals surface area contributed by atoms with Crippen molar-refractivity contribution in [3.8, 4) is 11.5 Å². The van der Waals surface area contributed by atoms with E-state index in [2.05, 4.69) is 14.8 Å². The second-order valence-corrected chi connectivity index (χ2v) is 8.87. The Morgan fingerprint density at radius 3 is 2.36 bits per heavy atom. The quantitative estimate of drug-likeness (QED) is 0.384. The zero-order chi connectivity index (χ0) is 25.7. The molecule has 190 valence electrons. The van der Waals surface area contributed by atoms with Gasteiger partial charge in [-0.1, -0.05) is 18.2 Å². The van der Waals surface area contributed by atoms with E-state index < -0.39 is 11.7 Å². The number of halogens is 3. The Kier molecular flexibility index (Phi) is 7.79. The highest BCUT2D eigenvalue weighted by Crippen LogP contribution is 2.33. The van der Waals surface area contributed by atoms with Crippen LogP contribution in [0, 0.1) is 0 Å². The molecular weight excluding hydrogens is 471 g/mol. The minimum absolute atomic E-state index is 0.137. The summed E-state index contributed by atoms with van der Waals surface area (Å²) >= 11 is 0. The van der Waals surface area contributed by atoms with Gasteiger partial charge in [0.05, 0.1) is 11.7 Å². The van der Waals surface area contributed by atoms with E-state index in [4.69, 9.17) is 9.47 Å². The molecule has 2 aromatic carbocycles. The summed E-state index contributed by atoms with van der Waals surface area (Å²) in [5.74, 6) is 0.859. The van der Waals surface area contributed by atoms with Crippen LogP contribution in [-0.4, -0.2) is 48.1 Å². The standard InChI is InChI=1S/C27H28F3N3O3/c1-19(2)35-26(34)24-10-5-11-31-25(24)33-14-12-32(13-15-33)18-20-6-3-8-22(16-20)36-23-9-4-7-21(17-23)27(28,29)30/h3-11,16-17,19H,12-15,18H2,1-2H3. The molecule has 0 saturated carbocycles. The Morgan fingerprint density at radius 1 is 0.972 bits per heavy atom. The van der Waals surface area contributed by atoms with E-state index in [1.54, 1.807) is 24.4 Å². The number of hydrogen-bond acceptors (Lipinski definition) is 6. The normalized spacial score (nSPS) is 14.7. The third-order valence-electron chi connectivity index (χ3n) is 5.72. The lowest BCUT2D eigenvalue weighted by Gasteiger charge is -2.36. The maximum atomic E-state index is 13.0. The van der Waals surface area contributed by atoms with E-state index in [1.165, 1.54) is 12.1 Å². The number of esters is 1. The van der Waals surface area contributed by atoms with E-state index in [1.807, 2.05) is 32.0 Å². The zero-order valence-corrected chi connectivity index (χ0v) is 20.2. The first-order valence-electron chi connectivity index (χ1n) is 11.8. The molecule has 3 aromatic rings. The zero-order valence-electron chi connectivity index (χ0n) is 20.2. The first-order chi connectivity index (χ1) is 17.2. The summed E-state index contributed by atoms with van der Waals surface area (Å²) in [6.07, 6.45) is -2.96. The number of piperazine rings is 1. The molecule has 4 rings (SSSR count). The van der Waals surface area contributed by atoms with Crippen molar-refractivity contribution in [2.24, 2.45) is 0 Å². The molecule has 0 amide bonds. The predicted molar refractivity (Wildman–Crippen MR) is 130 cm³/mol. The maximum absolute atomic E-state index is 13.0. The van der Waals surface area contributed by atoms with Gasteiger partial charge in [-0.3, -0.25) is 4.90 Å². The monoisotopic (exact) mass is 499 g/mol. The van der Waals surface area contributed by atoms with Crippen LogP contribution in [0.3, 0.4) is 0 Å². The molecule has 2 heterocycles. The summed E-state index contributed by atoms with van der Waals surface area (Å²) in [7, 11) is 0. The predicted octanol–water partition coefficient (Wildman–Crippen LogP) is 5.78. The van der Waals surface area contributed by atoms with E-state index >= 15 is 0 Å². The number of alkyl halides is 3. The molecule has 0 atom stereocenters. The van der Waals surface area contributed by atoms with E-state index in [0.717, 1.165) is 30.8 Å². The molecule has 0 aliphatic carbocycles. The van der Waals surface area contributed by atoms with Crippen molar-refractivity contribution in [2.45, 2.75) is 32.7 Å². The number of rotatable bonds is 7. The fraction of sp³-hybridized carbons (Fsp3) is 0.333. The second-order valence-electron chi connectivity index (χ2n) is 8.87. The van der Waals surface area contributed by atoms with Crippen molar-refractivity contribution in [3.63, 3.8) is 0 Å². The van der Waals surface area contributed by atoms with Gasteiger partial charge in [0, 0.05) is 38.9 Å². The Hall–Kier alpha value is -3.59. The molecule has 0 bridgehead atoms.